The molecular weight excluding hydrogens is 358 g/mol. The van der Waals surface area contributed by atoms with Crippen molar-refractivity contribution < 1.29 is 14.4 Å². The monoisotopic (exact) mass is 371 g/mol. The van der Waals surface area contributed by atoms with Gasteiger partial charge in [0.25, 0.3) is 0 Å². The number of aromatic nitrogens is 4. The van der Waals surface area contributed by atoms with Gasteiger partial charge in [-0.15, -0.1) is 5.10 Å². The number of hydrogen-bond donors (Lipinski definition) is 0. The molecule has 0 bridgehead atoms. The molecule has 0 spiro atoms. The normalized spacial score (nSPS) is 11.2. The molecule has 0 amide bonds. The highest BCUT2D eigenvalue weighted by atomic mass is 35.5. The molecule has 1 aromatic heterocycles. The van der Waals surface area contributed by atoms with E-state index in [1.807, 2.05) is 24.3 Å². The summed E-state index contributed by atoms with van der Waals surface area (Å²) < 4.78 is 6.83. The number of ether oxygens (including phenoxy) is 1. The zero-order chi connectivity index (χ0) is 18.4. The average Bonchev–Trinajstić information content (AvgIpc) is 3.20. The number of carbonyl (C=O) groups excluding carboxylic acids is 1. The Kier molecular flexibility index (Phi) is 5.55. The minimum atomic E-state index is -0.607. The van der Waals surface area contributed by atoms with E-state index in [1.165, 1.54) is 11.0 Å². The highest BCUT2D eigenvalue weighted by Crippen LogP contribution is 2.15. The van der Waals surface area contributed by atoms with Crippen molar-refractivity contribution >= 4 is 23.3 Å². The lowest BCUT2D eigenvalue weighted by atomic mass is 10.1. The average molecular weight is 372 g/mol. The largest absolute Gasteiger partial charge is 0.482 e. The molecule has 0 N–H and O–H groups in total. The van der Waals surface area contributed by atoms with Crippen LogP contribution in [0.2, 0.25) is 5.02 Å². The highest BCUT2D eigenvalue weighted by molar-refractivity contribution is 6.30. The van der Waals surface area contributed by atoms with Crippen LogP contribution in [0, 0.1) is 0 Å². The van der Waals surface area contributed by atoms with E-state index in [9.17, 15) is 4.79 Å². The first kappa shape index (κ1) is 17.6. The molecule has 0 unspecified atom stereocenters. The second kappa shape index (κ2) is 8.21. The van der Waals surface area contributed by atoms with Crippen LogP contribution in [-0.2, 0) is 9.63 Å². The molecule has 0 aliphatic heterocycles. The van der Waals surface area contributed by atoms with Crippen LogP contribution < -0.4 is 4.74 Å². The van der Waals surface area contributed by atoms with Crippen molar-refractivity contribution in [3.05, 3.63) is 65.4 Å². The van der Waals surface area contributed by atoms with Crippen LogP contribution in [0.15, 0.2) is 60.0 Å². The van der Waals surface area contributed by atoms with Crippen LogP contribution in [0.25, 0.3) is 5.69 Å². The molecule has 0 radical (unpaired) electrons. The molecule has 132 valence electrons. The lowest BCUT2D eigenvalue weighted by molar-refractivity contribution is -0.146. The van der Waals surface area contributed by atoms with Crippen molar-refractivity contribution in [1.29, 1.82) is 0 Å². The molecule has 8 nitrogen and oxygen atoms in total. The van der Waals surface area contributed by atoms with Gasteiger partial charge in [-0.1, -0.05) is 28.9 Å². The fourth-order valence-electron chi connectivity index (χ4n) is 2.01. The maximum atomic E-state index is 11.7. The summed E-state index contributed by atoms with van der Waals surface area (Å²) >= 11 is 5.78. The van der Waals surface area contributed by atoms with Gasteiger partial charge < -0.3 is 9.57 Å². The standard InChI is InChI=1S/C17H14ClN5O3/c1-12(13-2-6-15(7-3-13)23-11-19-21-22-23)20-26-17(24)10-25-16-8-4-14(18)5-9-16/h2-9,11H,10H2,1H3. The minimum Gasteiger partial charge on any atom is -0.482 e. The molecule has 26 heavy (non-hydrogen) atoms. The summed E-state index contributed by atoms with van der Waals surface area (Å²) in [7, 11) is 0. The number of oxime groups is 1. The molecule has 0 atom stereocenters. The van der Waals surface area contributed by atoms with Gasteiger partial charge in [-0.2, -0.15) is 0 Å². The summed E-state index contributed by atoms with van der Waals surface area (Å²) in [5, 5.41) is 15.4. The van der Waals surface area contributed by atoms with E-state index >= 15 is 0 Å². The molecule has 0 fully saturated rings. The first-order chi connectivity index (χ1) is 12.6. The smallest absolute Gasteiger partial charge is 0.372 e. The van der Waals surface area contributed by atoms with E-state index in [0.717, 1.165) is 11.3 Å². The Labute approximate surface area is 154 Å². The SMILES string of the molecule is CC(=NOC(=O)COc1ccc(Cl)cc1)c1ccc(-n2cnnn2)cc1. The quantitative estimate of drug-likeness (QED) is 0.376. The second-order valence-corrected chi connectivity index (χ2v) is 5.62. The highest BCUT2D eigenvalue weighted by Gasteiger charge is 2.06. The first-order valence-corrected chi connectivity index (χ1v) is 7.96. The number of halogens is 1. The molecule has 0 aliphatic carbocycles. The predicted octanol–water partition coefficient (Wildman–Crippen LogP) is 2.66. The summed E-state index contributed by atoms with van der Waals surface area (Å²) in [4.78, 5) is 16.6. The molecule has 0 saturated carbocycles. The van der Waals surface area contributed by atoms with E-state index in [0.29, 0.717) is 16.5 Å². The van der Waals surface area contributed by atoms with Crippen LogP contribution in [0.3, 0.4) is 0 Å². The van der Waals surface area contributed by atoms with Crippen LogP contribution in [0.1, 0.15) is 12.5 Å². The van der Waals surface area contributed by atoms with Crippen molar-refractivity contribution in [1.82, 2.24) is 20.2 Å². The molecule has 3 rings (SSSR count). The predicted molar refractivity (Wildman–Crippen MR) is 94.4 cm³/mol. The van der Waals surface area contributed by atoms with Crippen molar-refractivity contribution in [2.75, 3.05) is 6.61 Å². The van der Waals surface area contributed by atoms with Crippen molar-refractivity contribution in [3.63, 3.8) is 0 Å². The van der Waals surface area contributed by atoms with E-state index < -0.39 is 5.97 Å². The van der Waals surface area contributed by atoms with Crippen LogP contribution >= 0.6 is 11.6 Å². The Morgan fingerprint density at radius 1 is 1.15 bits per heavy atom. The zero-order valence-corrected chi connectivity index (χ0v) is 14.5. The Bertz CT molecular complexity index is 893. The Hall–Kier alpha value is -3.26. The lowest BCUT2D eigenvalue weighted by Gasteiger charge is -2.05. The Morgan fingerprint density at radius 2 is 1.88 bits per heavy atom. The first-order valence-electron chi connectivity index (χ1n) is 7.58. The fourth-order valence-corrected chi connectivity index (χ4v) is 2.13. The van der Waals surface area contributed by atoms with Gasteiger partial charge in [0.1, 0.15) is 12.1 Å². The van der Waals surface area contributed by atoms with E-state index in [1.54, 1.807) is 31.2 Å². The molecule has 0 aliphatic rings. The molecule has 3 aromatic rings. The maximum absolute atomic E-state index is 11.7. The van der Waals surface area contributed by atoms with Gasteiger partial charge in [-0.25, -0.2) is 9.48 Å². The van der Waals surface area contributed by atoms with Crippen molar-refractivity contribution in [2.45, 2.75) is 6.92 Å². The number of nitrogens with zero attached hydrogens (tertiary/aromatic N) is 5. The summed E-state index contributed by atoms with van der Waals surface area (Å²) in [5.41, 5.74) is 2.15. The van der Waals surface area contributed by atoms with Gasteiger partial charge in [-0.3, -0.25) is 0 Å². The molecule has 1 heterocycles. The van der Waals surface area contributed by atoms with Gasteiger partial charge in [0.05, 0.1) is 11.4 Å². The number of tetrazole rings is 1. The number of rotatable bonds is 6. The topological polar surface area (TPSA) is 91.5 Å². The number of benzene rings is 2. The third kappa shape index (κ3) is 4.64. The van der Waals surface area contributed by atoms with Gasteiger partial charge in [0.15, 0.2) is 6.61 Å². The van der Waals surface area contributed by atoms with Gasteiger partial charge in [-0.05, 0) is 59.3 Å². The maximum Gasteiger partial charge on any atom is 0.372 e. The number of carbonyl (C=O) groups is 1. The molecule has 0 saturated heterocycles. The second-order valence-electron chi connectivity index (χ2n) is 5.18. The van der Waals surface area contributed by atoms with E-state index in [2.05, 4.69) is 20.7 Å². The fraction of sp³-hybridized carbons (Fsp3) is 0.118. The summed E-state index contributed by atoms with van der Waals surface area (Å²) in [5.74, 6) is -0.0881. The van der Waals surface area contributed by atoms with Crippen molar-refractivity contribution in [3.8, 4) is 11.4 Å². The van der Waals surface area contributed by atoms with E-state index in [-0.39, 0.29) is 6.61 Å². The lowest BCUT2D eigenvalue weighted by Crippen LogP contribution is -2.13. The Morgan fingerprint density at radius 3 is 2.54 bits per heavy atom. The summed E-state index contributed by atoms with van der Waals surface area (Å²) in [6.45, 7) is 1.48. The minimum absolute atomic E-state index is 0.253. The summed E-state index contributed by atoms with van der Waals surface area (Å²) in [6.07, 6.45) is 1.50. The number of hydrogen-bond acceptors (Lipinski definition) is 7. The molecule has 2 aromatic carbocycles. The van der Waals surface area contributed by atoms with Gasteiger partial charge >= 0.3 is 5.97 Å². The molecule has 9 heteroatoms. The third-order valence-electron chi connectivity index (χ3n) is 3.35. The van der Waals surface area contributed by atoms with Crippen molar-refractivity contribution in [2.24, 2.45) is 5.16 Å². The van der Waals surface area contributed by atoms with E-state index in [4.69, 9.17) is 21.2 Å². The van der Waals surface area contributed by atoms with Gasteiger partial charge in [0, 0.05) is 5.02 Å². The van der Waals surface area contributed by atoms with Crippen LogP contribution in [0.4, 0.5) is 0 Å². The van der Waals surface area contributed by atoms with Crippen LogP contribution in [-0.4, -0.2) is 38.5 Å². The Balaban J connectivity index is 1.54. The van der Waals surface area contributed by atoms with Gasteiger partial charge in [0.2, 0.25) is 0 Å². The third-order valence-corrected chi connectivity index (χ3v) is 3.61. The molecular formula is C17H14ClN5O3. The van der Waals surface area contributed by atoms with Crippen LogP contribution in [0.5, 0.6) is 5.75 Å². The summed E-state index contributed by atoms with van der Waals surface area (Å²) in [6, 6.07) is 14.0. The zero-order valence-electron chi connectivity index (χ0n) is 13.7.